The van der Waals surface area contributed by atoms with Gasteiger partial charge >= 0.3 is 11.9 Å². The van der Waals surface area contributed by atoms with Crippen molar-refractivity contribution in [1.29, 1.82) is 0 Å². The Kier molecular flexibility index (Phi) is 7.22. The van der Waals surface area contributed by atoms with Crippen LogP contribution in [0.2, 0.25) is 0 Å². The fraction of sp³-hybridized carbons (Fsp3) is 0.600. The van der Waals surface area contributed by atoms with E-state index in [-0.39, 0.29) is 29.8 Å². The van der Waals surface area contributed by atoms with Crippen molar-refractivity contribution in [3.63, 3.8) is 0 Å². The summed E-state index contributed by atoms with van der Waals surface area (Å²) in [4.78, 5) is 22.5. The molecule has 1 atom stereocenters. The number of carbonyl (C=O) groups is 2. The zero-order valence-electron chi connectivity index (χ0n) is 16.7. The molecule has 8 heteroatoms. The second kappa shape index (κ2) is 9.05. The van der Waals surface area contributed by atoms with E-state index in [1.807, 2.05) is 12.1 Å². The Hall–Kier alpha value is -1.93. The van der Waals surface area contributed by atoms with E-state index in [1.54, 1.807) is 12.1 Å². The van der Waals surface area contributed by atoms with Crippen molar-refractivity contribution in [3.05, 3.63) is 29.8 Å². The fourth-order valence-electron chi connectivity index (χ4n) is 3.19. The van der Waals surface area contributed by atoms with Crippen LogP contribution in [0.4, 0.5) is 0 Å². The summed E-state index contributed by atoms with van der Waals surface area (Å²) in [7, 11) is -3.70. The maximum Gasteiger partial charge on any atom is 0.306 e. The van der Waals surface area contributed by atoms with E-state index in [1.165, 1.54) is 4.31 Å². The largest absolute Gasteiger partial charge is 0.481 e. The first kappa shape index (κ1) is 22.4. The first-order valence-corrected chi connectivity index (χ1v) is 11.0. The Bertz CT molecular complexity index is 795. The number of carboxylic acids is 1. The zero-order chi connectivity index (χ0) is 20.9. The van der Waals surface area contributed by atoms with Crippen LogP contribution >= 0.6 is 0 Å². The van der Waals surface area contributed by atoms with Crippen molar-refractivity contribution in [3.8, 4) is 0 Å². The van der Waals surface area contributed by atoms with Crippen LogP contribution in [0.5, 0.6) is 0 Å². The third-order valence-electron chi connectivity index (χ3n) is 4.88. The molecule has 1 aromatic carbocycles. The molecule has 1 heterocycles. The number of sulfonamides is 1. The normalized spacial score (nSPS) is 18.6. The molecular formula is C20H29NO6S. The van der Waals surface area contributed by atoms with E-state index in [2.05, 4.69) is 20.8 Å². The Labute approximate surface area is 166 Å². The third-order valence-corrected chi connectivity index (χ3v) is 6.85. The number of ether oxygens (including phenoxy) is 1. The fourth-order valence-corrected chi connectivity index (χ4v) is 4.87. The van der Waals surface area contributed by atoms with Gasteiger partial charge in [-0.15, -0.1) is 0 Å². The number of rotatable bonds is 7. The van der Waals surface area contributed by atoms with Gasteiger partial charge in [-0.1, -0.05) is 39.3 Å². The summed E-state index contributed by atoms with van der Waals surface area (Å²) < 4.78 is 32.8. The lowest BCUT2D eigenvalue weighted by Gasteiger charge is -2.34. The monoisotopic (exact) mass is 411 g/mol. The minimum Gasteiger partial charge on any atom is -0.481 e. The van der Waals surface area contributed by atoms with E-state index in [9.17, 15) is 18.0 Å². The summed E-state index contributed by atoms with van der Waals surface area (Å²) >= 11 is 0. The van der Waals surface area contributed by atoms with Gasteiger partial charge in [0.25, 0.3) is 0 Å². The number of esters is 1. The summed E-state index contributed by atoms with van der Waals surface area (Å²) in [5.74, 6) is -1.70. The van der Waals surface area contributed by atoms with Crippen molar-refractivity contribution in [2.24, 2.45) is 0 Å². The molecule has 7 nitrogen and oxygen atoms in total. The quantitative estimate of drug-likeness (QED) is 0.692. The van der Waals surface area contributed by atoms with Crippen molar-refractivity contribution in [2.75, 3.05) is 13.2 Å². The maximum absolute atomic E-state index is 13.1. The van der Waals surface area contributed by atoms with Crippen LogP contribution in [0, 0.1) is 0 Å². The lowest BCUT2D eigenvalue weighted by Crippen LogP contribution is -2.46. The van der Waals surface area contributed by atoms with E-state index >= 15 is 0 Å². The number of hydrogen-bond acceptors (Lipinski definition) is 5. The smallest absolute Gasteiger partial charge is 0.306 e. The molecule has 1 saturated heterocycles. The van der Waals surface area contributed by atoms with Crippen LogP contribution in [-0.4, -0.2) is 49.0 Å². The van der Waals surface area contributed by atoms with Crippen molar-refractivity contribution < 1.29 is 27.9 Å². The second-order valence-corrected chi connectivity index (χ2v) is 10.0. The Morgan fingerprint density at radius 3 is 2.36 bits per heavy atom. The highest BCUT2D eigenvalue weighted by molar-refractivity contribution is 7.89. The molecule has 1 aromatic rings. The minimum absolute atomic E-state index is 0.0578. The summed E-state index contributed by atoms with van der Waals surface area (Å²) in [5.41, 5.74) is 0.981. The highest BCUT2D eigenvalue weighted by atomic mass is 32.2. The molecule has 2 rings (SSSR count). The molecule has 0 saturated carbocycles. The van der Waals surface area contributed by atoms with Crippen molar-refractivity contribution >= 4 is 22.0 Å². The average Bonchev–Trinajstić information content (AvgIpc) is 2.64. The SMILES string of the molecule is CC(C)(C)c1ccc(S(=O)(=O)N2CCCC[C@H]2COC(=O)CCC(=O)O)cc1. The molecule has 1 aliphatic heterocycles. The second-order valence-electron chi connectivity index (χ2n) is 8.12. The van der Waals surface area contributed by atoms with Crippen LogP contribution in [0.25, 0.3) is 0 Å². The first-order valence-electron chi connectivity index (χ1n) is 9.51. The van der Waals surface area contributed by atoms with E-state index < -0.39 is 28.0 Å². The van der Waals surface area contributed by atoms with Crippen LogP contribution in [0.1, 0.15) is 58.4 Å². The van der Waals surface area contributed by atoms with Crippen molar-refractivity contribution in [1.82, 2.24) is 4.31 Å². The topological polar surface area (TPSA) is 101 Å². The number of hydrogen-bond donors (Lipinski definition) is 1. The number of carbonyl (C=O) groups excluding carboxylic acids is 1. The predicted molar refractivity (Wildman–Crippen MR) is 105 cm³/mol. The maximum atomic E-state index is 13.1. The highest BCUT2D eigenvalue weighted by Crippen LogP contribution is 2.28. The number of benzene rings is 1. The van der Waals surface area contributed by atoms with Crippen LogP contribution < -0.4 is 0 Å². The third kappa shape index (κ3) is 5.78. The van der Waals surface area contributed by atoms with E-state index in [0.717, 1.165) is 18.4 Å². The summed E-state index contributed by atoms with van der Waals surface area (Å²) in [6, 6.07) is 6.48. The Morgan fingerprint density at radius 2 is 1.79 bits per heavy atom. The molecule has 1 N–H and O–H groups in total. The minimum atomic E-state index is -3.70. The predicted octanol–water partition coefficient (Wildman–Crippen LogP) is 2.94. The first-order chi connectivity index (χ1) is 13.0. The lowest BCUT2D eigenvalue weighted by atomic mass is 9.87. The van der Waals surface area contributed by atoms with E-state index in [0.29, 0.717) is 13.0 Å². The Morgan fingerprint density at radius 1 is 1.14 bits per heavy atom. The number of carboxylic acid groups (broad SMARTS) is 1. The summed E-state index contributed by atoms with van der Waals surface area (Å²) in [6.45, 7) is 6.51. The van der Waals surface area contributed by atoms with Gasteiger partial charge in [0.15, 0.2) is 0 Å². The van der Waals surface area contributed by atoms with Gasteiger partial charge in [0, 0.05) is 6.54 Å². The molecule has 0 spiro atoms. The molecule has 1 aliphatic rings. The summed E-state index contributed by atoms with van der Waals surface area (Å²) in [6.07, 6.45) is 1.69. The van der Waals surface area contributed by atoms with Gasteiger partial charge in [0.2, 0.25) is 10.0 Å². The van der Waals surface area contributed by atoms with Gasteiger partial charge < -0.3 is 9.84 Å². The van der Waals surface area contributed by atoms with Gasteiger partial charge in [-0.05, 0) is 36.0 Å². The number of aliphatic carboxylic acids is 1. The van der Waals surface area contributed by atoms with Crippen LogP contribution in [0.3, 0.4) is 0 Å². The molecule has 156 valence electrons. The molecular weight excluding hydrogens is 382 g/mol. The lowest BCUT2D eigenvalue weighted by molar-refractivity contribution is -0.148. The van der Waals surface area contributed by atoms with Gasteiger partial charge in [0.05, 0.1) is 23.8 Å². The standard InChI is InChI=1S/C20H29NO6S/c1-20(2,3)15-7-9-17(10-8-15)28(25,26)21-13-5-4-6-16(21)14-27-19(24)12-11-18(22)23/h7-10,16H,4-6,11-14H2,1-3H3,(H,22,23)/t16-/m0/s1. The molecule has 0 aliphatic carbocycles. The molecule has 0 radical (unpaired) electrons. The molecule has 1 fully saturated rings. The van der Waals surface area contributed by atoms with Gasteiger partial charge in [-0.25, -0.2) is 8.42 Å². The molecule has 28 heavy (non-hydrogen) atoms. The van der Waals surface area contributed by atoms with E-state index in [4.69, 9.17) is 9.84 Å². The number of piperidine rings is 1. The number of nitrogens with zero attached hydrogens (tertiary/aromatic N) is 1. The molecule has 0 bridgehead atoms. The Balaban J connectivity index is 2.11. The average molecular weight is 412 g/mol. The molecule has 0 aromatic heterocycles. The van der Waals surface area contributed by atoms with Gasteiger partial charge in [-0.2, -0.15) is 4.31 Å². The van der Waals surface area contributed by atoms with Crippen molar-refractivity contribution in [2.45, 2.75) is 69.2 Å². The van der Waals surface area contributed by atoms with Crippen LogP contribution in [-0.2, 0) is 29.8 Å². The van der Waals surface area contributed by atoms with Gasteiger partial charge in [-0.3, -0.25) is 9.59 Å². The zero-order valence-corrected chi connectivity index (χ0v) is 17.5. The summed E-state index contributed by atoms with van der Waals surface area (Å²) in [5, 5.41) is 8.63. The van der Waals surface area contributed by atoms with Gasteiger partial charge in [0.1, 0.15) is 6.61 Å². The van der Waals surface area contributed by atoms with Crippen LogP contribution in [0.15, 0.2) is 29.2 Å². The molecule has 0 unspecified atom stereocenters. The highest BCUT2D eigenvalue weighted by Gasteiger charge is 2.34. The molecule has 0 amide bonds.